The second-order valence-corrected chi connectivity index (χ2v) is 9.44. The van der Waals surface area contributed by atoms with Crippen LogP contribution >= 0.6 is 0 Å². The van der Waals surface area contributed by atoms with Crippen LogP contribution in [0.15, 0.2) is 60.9 Å². The van der Waals surface area contributed by atoms with E-state index in [0.717, 1.165) is 18.3 Å². The number of nitrogens with zero attached hydrogens (tertiary/aromatic N) is 5. The van der Waals surface area contributed by atoms with Gasteiger partial charge in [0.15, 0.2) is 17.4 Å². The Kier molecular flexibility index (Phi) is 7.10. The third-order valence-corrected chi connectivity index (χ3v) is 6.55. The number of nitrogens with one attached hydrogen (secondary N) is 1. The second kappa shape index (κ2) is 10.7. The number of aromatic nitrogens is 4. The Bertz CT molecular complexity index is 1980. The molecule has 0 saturated carbocycles. The molecule has 0 bridgehead atoms. The van der Waals surface area contributed by atoms with Crippen LogP contribution in [0.1, 0.15) is 18.2 Å². The lowest BCUT2D eigenvalue weighted by molar-refractivity contribution is -0.112. The quantitative estimate of drug-likeness (QED) is 0.233. The van der Waals surface area contributed by atoms with Crippen LogP contribution < -0.4 is 15.8 Å². The molecule has 210 valence electrons. The summed E-state index contributed by atoms with van der Waals surface area (Å²) in [6, 6.07) is 9.92. The molecular weight excluding hydrogens is 547 g/mol. The molecule has 0 saturated heterocycles. The predicted octanol–water partition coefficient (Wildman–Crippen LogP) is 6.18. The maximum Gasteiger partial charge on any atom is 0.322 e. The maximum absolute atomic E-state index is 15.7. The van der Waals surface area contributed by atoms with Crippen molar-refractivity contribution >= 4 is 28.3 Å². The summed E-state index contributed by atoms with van der Waals surface area (Å²) in [6.45, 7) is 6.51. The van der Waals surface area contributed by atoms with E-state index in [4.69, 9.17) is 10.5 Å². The van der Waals surface area contributed by atoms with E-state index in [9.17, 15) is 14.4 Å². The Labute approximate surface area is 237 Å². The summed E-state index contributed by atoms with van der Waals surface area (Å²) in [5.74, 6) is -2.81. The summed E-state index contributed by atoms with van der Waals surface area (Å²) >= 11 is 0. The van der Waals surface area contributed by atoms with Gasteiger partial charge < -0.3 is 20.4 Å². The van der Waals surface area contributed by atoms with Gasteiger partial charge in [0, 0.05) is 35.6 Å². The number of nitrogen functional groups attached to an aromatic ring is 1. The van der Waals surface area contributed by atoms with Crippen molar-refractivity contribution in [2.75, 3.05) is 11.1 Å². The van der Waals surface area contributed by atoms with E-state index in [2.05, 4.69) is 32.9 Å². The first-order chi connectivity index (χ1) is 20.0. The Morgan fingerprint density at radius 3 is 2.50 bits per heavy atom. The SMILES string of the molecule is C=C(C)C(=O)Nc1ccc(-c2c(-c3ccc(Oc4ncc(F)c(C)n4)c(F)c3)c3c(N)ncc(C#N)c3n2C)c(F)c1. The minimum atomic E-state index is -0.817. The lowest BCUT2D eigenvalue weighted by Crippen LogP contribution is -2.12. The number of carbonyl (C=O) groups excluding carboxylic acids is 1. The smallest absolute Gasteiger partial charge is 0.322 e. The van der Waals surface area contributed by atoms with Crippen LogP contribution in [0.25, 0.3) is 33.3 Å². The number of aryl methyl sites for hydroxylation is 2. The molecule has 0 aliphatic heterocycles. The van der Waals surface area contributed by atoms with Crippen LogP contribution in [0.2, 0.25) is 0 Å². The fourth-order valence-corrected chi connectivity index (χ4v) is 4.53. The van der Waals surface area contributed by atoms with E-state index in [-0.39, 0.29) is 56.9 Å². The van der Waals surface area contributed by atoms with Crippen LogP contribution in [0.5, 0.6) is 11.8 Å². The average molecular weight is 570 g/mol. The zero-order valence-electron chi connectivity index (χ0n) is 22.6. The van der Waals surface area contributed by atoms with Crippen molar-refractivity contribution < 1.29 is 22.7 Å². The molecule has 9 nitrogen and oxygen atoms in total. The highest BCUT2D eigenvalue weighted by molar-refractivity contribution is 6.11. The van der Waals surface area contributed by atoms with Gasteiger partial charge in [-0.1, -0.05) is 12.6 Å². The monoisotopic (exact) mass is 569 g/mol. The first kappa shape index (κ1) is 27.9. The van der Waals surface area contributed by atoms with Gasteiger partial charge in [0.25, 0.3) is 5.91 Å². The van der Waals surface area contributed by atoms with Crippen LogP contribution in [0.3, 0.4) is 0 Å². The van der Waals surface area contributed by atoms with E-state index in [0.29, 0.717) is 16.5 Å². The average Bonchev–Trinajstić information content (AvgIpc) is 3.25. The lowest BCUT2D eigenvalue weighted by Gasteiger charge is -2.13. The molecule has 0 radical (unpaired) electrons. The summed E-state index contributed by atoms with van der Waals surface area (Å²) in [5.41, 5.74) is 8.25. The van der Waals surface area contributed by atoms with E-state index in [1.54, 1.807) is 11.6 Å². The molecule has 0 atom stereocenters. The van der Waals surface area contributed by atoms with Gasteiger partial charge in [-0.2, -0.15) is 10.2 Å². The minimum absolute atomic E-state index is 0.0286. The molecule has 5 aromatic rings. The van der Waals surface area contributed by atoms with Crippen LogP contribution in [0.4, 0.5) is 24.7 Å². The second-order valence-electron chi connectivity index (χ2n) is 9.44. The number of hydrogen-bond acceptors (Lipinski definition) is 7. The fraction of sp³-hybridized carbons (Fsp3) is 0.100. The molecule has 2 aromatic carbocycles. The van der Waals surface area contributed by atoms with Crippen molar-refractivity contribution in [3.8, 4) is 40.2 Å². The summed E-state index contributed by atoms with van der Waals surface area (Å²) in [5, 5.41) is 12.7. The summed E-state index contributed by atoms with van der Waals surface area (Å²) < 4.78 is 51.7. The standard InChI is InChI=1S/C30H22F3N7O2/c1-14(2)29(41)39-18-6-7-19(20(31)10-18)27-24(25-26(40(27)4)17(11-34)12-36-28(25)35)16-5-8-23(21(32)9-16)42-30-37-13-22(33)15(3)38-30/h5-10,12-13H,1H2,2-4H3,(H2,35,36)(H,39,41). The molecule has 42 heavy (non-hydrogen) atoms. The van der Waals surface area contributed by atoms with Gasteiger partial charge in [0.1, 0.15) is 17.7 Å². The van der Waals surface area contributed by atoms with Crippen molar-refractivity contribution in [1.29, 1.82) is 5.26 Å². The molecule has 3 aromatic heterocycles. The number of halogens is 3. The zero-order chi connectivity index (χ0) is 30.3. The molecule has 0 fully saturated rings. The number of nitrogens with two attached hydrogens (primary N) is 1. The van der Waals surface area contributed by atoms with Crippen molar-refractivity contribution in [3.63, 3.8) is 0 Å². The van der Waals surface area contributed by atoms with Gasteiger partial charge in [-0.3, -0.25) is 4.79 Å². The van der Waals surface area contributed by atoms with Crippen LogP contribution in [-0.4, -0.2) is 25.4 Å². The van der Waals surface area contributed by atoms with E-state index >= 15 is 8.78 Å². The molecule has 0 aliphatic carbocycles. The van der Waals surface area contributed by atoms with Crippen LogP contribution in [-0.2, 0) is 11.8 Å². The Hall–Kier alpha value is -5.70. The zero-order valence-corrected chi connectivity index (χ0v) is 22.6. The van der Waals surface area contributed by atoms with Crippen molar-refractivity contribution in [1.82, 2.24) is 19.5 Å². The number of rotatable bonds is 6. The number of fused-ring (bicyclic) bond motifs is 1. The third kappa shape index (κ3) is 4.88. The van der Waals surface area contributed by atoms with E-state index in [1.807, 2.05) is 0 Å². The van der Waals surface area contributed by atoms with Crippen molar-refractivity contribution in [2.45, 2.75) is 13.8 Å². The first-order valence-electron chi connectivity index (χ1n) is 12.4. The van der Waals surface area contributed by atoms with Crippen molar-refractivity contribution in [2.24, 2.45) is 7.05 Å². The van der Waals surface area contributed by atoms with Crippen molar-refractivity contribution in [3.05, 3.63) is 89.7 Å². The summed E-state index contributed by atoms with van der Waals surface area (Å²) in [7, 11) is 1.62. The van der Waals surface area contributed by atoms with Gasteiger partial charge in [-0.25, -0.2) is 23.1 Å². The Balaban J connectivity index is 1.69. The number of carbonyl (C=O) groups is 1. The fourth-order valence-electron chi connectivity index (χ4n) is 4.53. The highest BCUT2D eigenvalue weighted by Crippen LogP contribution is 2.45. The topological polar surface area (TPSA) is 132 Å². The highest BCUT2D eigenvalue weighted by Gasteiger charge is 2.26. The van der Waals surface area contributed by atoms with E-state index in [1.165, 1.54) is 44.3 Å². The first-order valence-corrected chi connectivity index (χ1v) is 12.4. The molecule has 0 aliphatic rings. The molecule has 5 rings (SSSR count). The molecule has 12 heteroatoms. The molecule has 0 spiro atoms. The summed E-state index contributed by atoms with van der Waals surface area (Å²) in [6.07, 6.45) is 2.22. The van der Waals surface area contributed by atoms with Gasteiger partial charge >= 0.3 is 6.01 Å². The van der Waals surface area contributed by atoms with Gasteiger partial charge in [-0.05, 0) is 49.7 Å². The van der Waals surface area contributed by atoms with Crippen LogP contribution in [0, 0.1) is 35.7 Å². The molecule has 0 unspecified atom stereocenters. The molecule has 3 N–H and O–H groups in total. The minimum Gasteiger partial charge on any atom is -0.421 e. The van der Waals surface area contributed by atoms with Gasteiger partial charge in [0.05, 0.1) is 34.1 Å². The normalized spacial score (nSPS) is 10.9. The van der Waals surface area contributed by atoms with Gasteiger partial charge in [0.2, 0.25) is 0 Å². The predicted molar refractivity (Wildman–Crippen MR) is 151 cm³/mol. The molecule has 1 amide bonds. The maximum atomic E-state index is 15.7. The third-order valence-electron chi connectivity index (χ3n) is 6.55. The molecular formula is C30H22F3N7O2. The summed E-state index contributed by atoms with van der Waals surface area (Å²) in [4.78, 5) is 23.8. The number of ether oxygens (including phenoxy) is 1. The van der Waals surface area contributed by atoms with Gasteiger partial charge in [-0.15, -0.1) is 0 Å². The number of amides is 1. The Morgan fingerprint density at radius 1 is 1.10 bits per heavy atom. The number of nitriles is 1. The largest absolute Gasteiger partial charge is 0.421 e. The Morgan fingerprint density at radius 2 is 1.86 bits per heavy atom. The highest BCUT2D eigenvalue weighted by atomic mass is 19.1. The number of pyridine rings is 1. The number of hydrogen-bond donors (Lipinski definition) is 2. The molecule has 3 heterocycles. The number of anilines is 2. The van der Waals surface area contributed by atoms with E-state index < -0.39 is 23.4 Å². The lowest BCUT2D eigenvalue weighted by atomic mass is 9.97. The number of benzene rings is 2.